The number of rotatable bonds is 5. The van der Waals surface area contributed by atoms with Crippen molar-refractivity contribution in [2.75, 3.05) is 27.2 Å². The van der Waals surface area contributed by atoms with Gasteiger partial charge in [0.15, 0.2) is 0 Å². The fourth-order valence-electron chi connectivity index (χ4n) is 1.61. The maximum absolute atomic E-state index is 13.4. The number of amides is 2. The largest absolute Gasteiger partial charge is 0.337 e. The van der Waals surface area contributed by atoms with E-state index in [1.807, 2.05) is 13.0 Å². The zero-order valence-electron chi connectivity index (χ0n) is 12.0. The standard InChI is InChI=1S/C14H22FN3O/c1-10-5-6-12(9-13(10)15)11(2)16-7-8-17-14(19)18(3)4/h5-6,9,11,16H,7-8H2,1-4H3,(H,17,19). The van der Waals surface area contributed by atoms with Crippen LogP contribution in [0.1, 0.15) is 24.1 Å². The third kappa shape index (κ3) is 4.87. The first kappa shape index (κ1) is 15.4. The Bertz CT molecular complexity index is 435. The molecular formula is C14H22FN3O. The van der Waals surface area contributed by atoms with Crippen molar-refractivity contribution in [1.82, 2.24) is 15.5 Å². The van der Waals surface area contributed by atoms with Crippen LogP contribution < -0.4 is 10.6 Å². The molecule has 19 heavy (non-hydrogen) atoms. The van der Waals surface area contributed by atoms with Crippen LogP contribution in [0.4, 0.5) is 9.18 Å². The van der Waals surface area contributed by atoms with E-state index in [9.17, 15) is 9.18 Å². The van der Waals surface area contributed by atoms with Gasteiger partial charge in [-0.2, -0.15) is 0 Å². The first-order valence-electron chi connectivity index (χ1n) is 6.36. The Labute approximate surface area is 114 Å². The molecule has 1 aromatic rings. The molecule has 0 aliphatic carbocycles. The molecule has 0 bridgehead atoms. The second-order valence-corrected chi connectivity index (χ2v) is 4.81. The lowest BCUT2D eigenvalue weighted by atomic mass is 10.1. The van der Waals surface area contributed by atoms with Gasteiger partial charge in [0.05, 0.1) is 0 Å². The third-order valence-electron chi connectivity index (χ3n) is 2.95. The second-order valence-electron chi connectivity index (χ2n) is 4.81. The number of halogens is 1. The van der Waals surface area contributed by atoms with Crippen LogP contribution >= 0.6 is 0 Å². The van der Waals surface area contributed by atoms with Crippen LogP contribution in [-0.4, -0.2) is 38.1 Å². The number of hydrogen-bond donors (Lipinski definition) is 2. The van der Waals surface area contributed by atoms with Gasteiger partial charge in [0.2, 0.25) is 0 Å². The average Bonchev–Trinajstić information content (AvgIpc) is 2.37. The van der Waals surface area contributed by atoms with Crippen LogP contribution in [0, 0.1) is 12.7 Å². The minimum absolute atomic E-state index is 0.0476. The van der Waals surface area contributed by atoms with Crippen molar-refractivity contribution >= 4 is 6.03 Å². The molecule has 0 radical (unpaired) electrons. The van der Waals surface area contributed by atoms with E-state index < -0.39 is 0 Å². The quantitative estimate of drug-likeness (QED) is 0.802. The molecule has 4 nitrogen and oxygen atoms in total. The molecule has 0 heterocycles. The highest BCUT2D eigenvalue weighted by Gasteiger charge is 2.07. The lowest BCUT2D eigenvalue weighted by Crippen LogP contribution is -2.38. The van der Waals surface area contributed by atoms with E-state index in [1.165, 1.54) is 4.90 Å². The first-order valence-corrected chi connectivity index (χ1v) is 6.36. The molecule has 2 N–H and O–H groups in total. The molecule has 2 amide bonds. The molecule has 0 aromatic heterocycles. The van der Waals surface area contributed by atoms with E-state index in [0.717, 1.165) is 5.56 Å². The van der Waals surface area contributed by atoms with Crippen molar-refractivity contribution in [3.8, 4) is 0 Å². The molecule has 0 spiro atoms. The topological polar surface area (TPSA) is 44.4 Å². The highest BCUT2D eigenvalue weighted by atomic mass is 19.1. The number of carbonyl (C=O) groups excluding carboxylic acids is 1. The molecular weight excluding hydrogens is 245 g/mol. The fraction of sp³-hybridized carbons (Fsp3) is 0.500. The number of benzene rings is 1. The number of hydrogen-bond acceptors (Lipinski definition) is 2. The molecule has 0 aliphatic heterocycles. The molecule has 0 fully saturated rings. The summed E-state index contributed by atoms with van der Waals surface area (Å²) in [4.78, 5) is 12.8. The number of urea groups is 1. The van der Waals surface area contributed by atoms with Crippen molar-refractivity contribution in [1.29, 1.82) is 0 Å². The summed E-state index contributed by atoms with van der Waals surface area (Å²) in [6, 6.07) is 5.17. The van der Waals surface area contributed by atoms with Crippen LogP contribution in [0.15, 0.2) is 18.2 Å². The van der Waals surface area contributed by atoms with Gasteiger partial charge < -0.3 is 15.5 Å². The SMILES string of the molecule is Cc1ccc(C(C)NCCNC(=O)N(C)C)cc1F. The summed E-state index contributed by atoms with van der Waals surface area (Å²) in [5.74, 6) is -0.188. The van der Waals surface area contributed by atoms with Crippen molar-refractivity contribution in [2.24, 2.45) is 0 Å². The van der Waals surface area contributed by atoms with Crippen LogP contribution in [0.3, 0.4) is 0 Å². The van der Waals surface area contributed by atoms with Crippen LogP contribution in [-0.2, 0) is 0 Å². The summed E-state index contributed by atoms with van der Waals surface area (Å²) >= 11 is 0. The van der Waals surface area contributed by atoms with Crippen molar-refractivity contribution in [3.63, 3.8) is 0 Å². The highest BCUT2D eigenvalue weighted by molar-refractivity contribution is 5.73. The van der Waals surface area contributed by atoms with Gasteiger partial charge in [0, 0.05) is 33.2 Å². The van der Waals surface area contributed by atoms with Crippen molar-refractivity contribution < 1.29 is 9.18 Å². The normalized spacial score (nSPS) is 12.1. The van der Waals surface area contributed by atoms with E-state index in [1.54, 1.807) is 33.2 Å². The number of nitrogens with zero attached hydrogens (tertiary/aromatic N) is 1. The van der Waals surface area contributed by atoms with Crippen LogP contribution in [0.25, 0.3) is 0 Å². The number of nitrogens with one attached hydrogen (secondary N) is 2. The van der Waals surface area contributed by atoms with Gasteiger partial charge in [-0.3, -0.25) is 0 Å². The molecule has 1 aromatic carbocycles. The minimum atomic E-state index is -0.188. The summed E-state index contributed by atoms with van der Waals surface area (Å²) in [6.45, 7) is 4.89. The predicted octanol–water partition coefficient (Wildman–Crippen LogP) is 2.06. The Kier molecular flexibility index (Phi) is 5.76. The average molecular weight is 267 g/mol. The Balaban J connectivity index is 2.37. The molecule has 106 valence electrons. The lowest BCUT2D eigenvalue weighted by Gasteiger charge is -2.16. The summed E-state index contributed by atoms with van der Waals surface area (Å²) in [5, 5.41) is 6.00. The third-order valence-corrected chi connectivity index (χ3v) is 2.95. The molecule has 0 saturated heterocycles. The smallest absolute Gasteiger partial charge is 0.316 e. The van der Waals surface area contributed by atoms with E-state index in [2.05, 4.69) is 10.6 Å². The van der Waals surface area contributed by atoms with Gasteiger partial charge in [0.1, 0.15) is 5.82 Å². The Hall–Kier alpha value is -1.62. The highest BCUT2D eigenvalue weighted by Crippen LogP contribution is 2.15. The van der Waals surface area contributed by atoms with E-state index in [4.69, 9.17) is 0 Å². The summed E-state index contributed by atoms with van der Waals surface area (Å²) in [5.41, 5.74) is 1.55. The Morgan fingerprint density at radius 1 is 1.37 bits per heavy atom. The summed E-state index contributed by atoms with van der Waals surface area (Å²) in [7, 11) is 3.39. The van der Waals surface area contributed by atoms with Crippen molar-refractivity contribution in [3.05, 3.63) is 35.1 Å². The summed E-state index contributed by atoms with van der Waals surface area (Å²) in [6.07, 6.45) is 0. The van der Waals surface area contributed by atoms with Gasteiger partial charge >= 0.3 is 6.03 Å². The molecule has 5 heteroatoms. The van der Waals surface area contributed by atoms with Crippen LogP contribution in [0.2, 0.25) is 0 Å². The lowest BCUT2D eigenvalue weighted by molar-refractivity contribution is 0.217. The summed E-state index contributed by atoms with van der Waals surface area (Å²) < 4.78 is 13.4. The van der Waals surface area contributed by atoms with E-state index in [0.29, 0.717) is 18.7 Å². The van der Waals surface area contributed by atoms with Crippen molar-refractivity contribution in [2.45, 2.75) is 19.9 Å². The van der Waals surface area contributed by atoms with Gasteiger partial charge in [-0.15, -0.1) is 0 Å². The van der Waals surface area contributed by atoms with E-state index in [-0.39, 0.29) is 17.9 Å². The predicted molar refractivity (Wildman–Crippen MR) is 74.6 cm³/mol. The Morgan fingerprint density at radius 3 is 2.63 bits per heavy atom. The fourth-order valence-corrected chi connectivity index (χ4v) is 1.61. The van der Waals surface area contributed by atoms with Crippen LogP contribution in [0.5, 0.6) is 0 Å². The number of aryl methyl sites for hydroxylation is 1. The molecule has 0 aliphatic rings. The van der Waals surface area contributed by atoms with E-state index >= 15 is 0 Å². The zero-order valence-corrected chi connectivity index (χ0v) is 12.0. The maximum Gasteiger partial charge on any atom is 0.316 e. The monoisotopic (exact) mass is 267 g/mol. The molecule has 1 atom stereocenters. The maximum atomic E-state index is 13.4. The Morgan fingerprint density at radius 2 is 2.05 bits per heavy atom. The minimum Gasteiger partial charge on any atom is -0.337 e. The molecule has 1 unspecified atom stereocenters. The second kappa shape index (κ2) is 7.09. The van der Waals surface area contributed by atoms with Gasteiger partial charge in [-0.25, -0.2) is 9.18 Å². The molecule has 1 rings (SSSR count). The van der Waals surface area contributed by atoms with Gasteiger partial charge in [0.25, 0.3) is 0 Å². The first-order chi connectivity index (χ1) is 8.91. The molecule has 0 saturated carbocycles. The number of carbonyl (C=O) groups is 1. The zero-order chi connectivity index (χ0) is 14.4. The van der Waals surface area contributed by atoms with Gasteiger partial charge in [-0.1, -0.05) is 12.1 Å². The van der Waals surface area contributed by atoms with Gasteiger partial charge in [-0.05, 0) is 31.0 Å².